The van der Waals surface area contributed by atoms with E-state index in [2.05, 4.69) is 20.4 Å². The van der Waals surface area contributed by atoms with Crippen LogP contribution in [0.4, 0.5) is 0 Å². The highest BCUT2D eigenvalue weighted by Gasteiger charge is 2.19. The van der Waals surface area contributed by atoms with E-state index in [1.54, 1.807) is 0 Å². The van der Waals surface area contributed by atoms with E-state index in [4.69, 9.17) is 10.5 Å². The molecular weight excluding hydrogens is 162 g/mol. The highest BCUT2D eigenvalue weighted by molar-refractivity contribution is 4.87. The molecule has 78 valence electrons. The zero-order chi connectivity index (χ0) is 10.3. The van der Waals surface area contributed by atoms with Crippen molar-refractivity contribution in [1.82, 2.24) is 0 Å². The molecule has 0 aromatic heterocycles. The van der Waals surface area contributed by atoms with Crippen LogP contribution in [0, 0.1) is 0 Å². The van der Waals surface area contributed by atoms with Gasteiger partial charge in [-0.05, 0) is 26.2 Å². The van der Waals surface area contributed by atoms with Gasteiger partial charge in [0, 0.05) is 5.54 Å². The Hall–Kier alpha value is -0.340. The SMILES string of the molecule is C=C(C)CCOCC(N)(CC)CC. The normalized spacial score (nSPS) is 11.7. The van der Waals surface area contributed by atoms with E-state index < -0.39 is 0 Å². The van der Waals surface area contributed by atoms with Crippen molar-refractivity contribution in [3.63, 3.8) is 0 Å². The van der Waals surface area contributed by atoms with Gasteiger partial charge < -0.3 is 10.5 Å². The van der Waals surface area contributed by atoms with E-state index in [0.717, 1.165) is 31.4 Å². The molecule has 2 nitrogen and oxygen atoms in total. The third kappa shape index (κ3) is 5.83. The maximum Gasteiger partial charge on any atom is 0.0646 e. The summed E-state index contributed by atoms with van der Waals surface area (Å²) in [5, 5.41) is 0. The molecular formula is C11H23NO. The maximum absolute atomic E-state index is 6.07. The topological polar surface area (TPSA) is 35.2 Å². The summed E-state index contributed by atoms with van der Waals surface area (Å²) in [6.45, 7) is 11.4. The van der Waals surface area contributed by atoms with Crippen molar-refractivity contribution in [3.8, 4) is 0 Å². The zero-order valence-corrected chi connectivity index (χ0v) is 9.23. The van der Waals surface area contributed by atoms with Crippen molar-refractivity contribution >= 4 is 0 Å². The predicted octanol–water partition coefficient (Wildman–Crippen LogP) is 2.49. The Morgan fingerprint density at radius 2 is 1.92 bits per heavy atom. The molecule has 0 aliphatic heterocycles. The summed E-state index contributed by atoms with van der Waals surface area (Å²) in [7, 11) is 0. The van der Waals surface area contributed by atoms with Crippen molar-refractivity contribution in [2.75, 3.05) is 13.2 Å². The van der Waals surface area contributed by atoms with Crippen molar-refractivity contribution in [3.05, 3.63) is 12.2 Å². The van der Waals surface area contributed by atoms with Crippen molar-refractivity contribution in [2.24, 2.45) is 5.73 Å². The molecule has 0 aromatic carbocycles. The van der Waals surface area contributed by atoms with Crippen molar-refractivity contribution < 1.29 is 4.74 Å². The Bertz CT molecular complexity index is 150. The number of nitrogens with two attached hydrogens (primary N) is 1. The molecule has 0 atom stereocenters. The lowest BCUT2D eigenvalue weighted by atomic mass is 9.96. The highest BCUT2D eigenvalue weighted by atomic mass is 16.5. The molecule has 0 unspecified atom stereocenters. The molecule has 0 aromatic rings. The van der Waals surface area contributed by atoms with E-state index in [-0.39, 0.29) is 5.54 Å². The number of hydrogen-bond acceptors (Lipinski definition) is 2. The Balaban J connectivity index is 3.55. The van der Waals surface area contributed by atoms with Gasteiger partial charge in [0.25, 0.3) is 0 Å². The average Bonchev–Trinajstić information content (AvgIpc) is 2.12. The Labute approximate surface area is 82.2 Å². The summed E-state index contributed by atoms with van der Waals surface area (Å²) in [5.74, 6) is 0. The number of ether oxygens (including phenoxy) is 1. The van der Waals surface area contributed by atoms with Crippen LogP contribution >= 0.6 is 0 Å². The third-order valence-electron chi connectivity index (χ3n) is 2.47. The van der Waals surface area contributed by atoms with Crippen LogP contribution in [0.1, 0.15) is 40.0 Å². The van der Waals surface area contributed by atoms with E-state index in [0.29, 0.717) is 6.61 Å². The van der Waals surface area contributed by atoms with Gasteiger partial charge in [-0.25, -0.2) is 0 Å². The second-order valence-corrected chi connectivity index (χ2v) is 3.83. The van der Waals surface area contributed by atoms with Crippen LogP contribution in [-0.4, -0.2) is 18.8 Å². The summed E-state index contributed by atoms with van der Waals surface area (Å²) < 4.78 is 5.51. The van der Waals surface area contributed by atoms with Gasteiger partial charge in [0.1, 0.15) is 0 Å². The van der Waals surface area contributed by atoms with Gasteiger partial charge in [-0.2, -0.15) is 0 Å². The van der Waals surface area contributed by atoms with Crippen LogP contribution in [0.3, 0.4) is 0 Å². The van der Waals surface area contributed by atoms with Crippen LogP contribution in [0.5, 0.6) is 0 Å². The van der Waals surface area contributed by atoms with Crippen molar-refractivity contribution in [2.45, 2.75) is 45.6 Å². The summed E-state index contributed by atoms with van der Waals surface area (Å²) in [6.07, 6.45) is 2.87. The van der Waals surface area contributed by atoms with Gasteiger partial charge in [0.05, 0.1) is 13.2 Å². The zero-order valence-electron chi connectivity index (χ0n) is 9.23. The summed E-state index contributed by atoms with van der Waals surface area (Å²) >= 11 is 0. The quantitative estimate of drug-likeness (QED) is 0.488. The molecule has 0 amide bonds. The monoisotopic (exact) mass is 185 g/mol. The Morgan fingerprint density at radius 3 is 2.31 bits per heavy atom. The highest BCUT2D eigenvalue weighted by Crippen LogP contribution is 2.11. The van der Waals surface area contributed by atoms with Crippen LogP contribution in [0.25, 0.3) is 0 Å². The largest absolute Gasteiger partial charge is 0.379 e. The molecule has 0 heterocycles. The van der Waals surface area contributed by atoms with Crippen LogP contribution in [0.15, 0.2) is 12.2 Å². The maximum atomic E-state index is 6.07. The van der Waals surface area contributed by atoms with E-state index in [9.17, 15) is 0 Å². The minimum absolute atomic E-state index is 0.130. The summed E-state index contributed by atoms with van der Waals surface area (Å²) in [4.78, 5) is 0. The standard InChI is InChI=1S/C11H23NO/c1-5-11(12,6-2)9-13-8-7-10(3)4/h3,5-9,12H2,1-2,4H3. The molecule has 2 heteroatoms. The Kier molecular flexibility index (Phi) is 6.00. The van der Waals surface area contributed by atoms with Gasteiger partial charge in [-0.3, -0.25) is 0 Å². The number of hydrogen-bond donors (Lipinski definition) is 1. The van der Waals surface area contributed by atoms with E-state index in [1.807, 2.05) is 6.92 Å². The third-order valence-corrected chi connectivity index (χ3v) is 2.47. The molecule has 0 aliphatic carbocycles. The first-order valence-corrected chi connectivity index (χ1v) is 5.05. The van der Waals surface area contributed by atoms with Gasteiger partial charge in [-0.15, -0.1) is 6.58 Å². The van der Waals surface area contributed by atoms with Crippen molar-refractivity contribution in [1.29, 1.82) is 0 Å². The molecule has 0 saturated carbocycles. The minimum Gasteiger partial charge on any atom is -0.379 e. The molecule has 0 radical (unpaired) electrons. The molecule has 0 bridgehead atoms. The first kappa shape index (κ1) is 12.7. The first-order valence-electron chi connectivity index (χ1n) is 5.05. The minimum atomic E-state index is -0.130. The molecule has 0 spiro atoms. The van der Waals surface area contributed by atoms with Gasteiger partial charge in [0.2, 0.25) is 0 Å². The lowest BCUT2D eigenvalue weighted by Gasteiger charge is -2.26. The van der Waals surface area contributed by atoms with E-state index >= 15 is 0 Å². The van der Waals surface area contributed by atoms with Gasteiger partial charge in [-0.1, -0.05) is 19.4 Å². The molecule has 13 heavy (non-hydrogen) atoms. The average molecular weight is 185 g/mol. The first-order chi connectivity index (χ1) is 6.04. The fraction of sp³-hybridized carbons (Fsp3) is 0.818. The second-order valence-electron chi connectivity index (χ2n) is 3.83. The molecule has 0 saturated heterocycles. The van der Waals surface area contributed by atoms with Gasteiger partial charge in [0.15, 0.2) is 0 Å². The summed E-state index contributed by atoms with van der Waals surface area (Å²) in [5.41, 5.74) is 7.10. The number of rotatable bonds is 7. The lowest BCUT2D eigenvalue weighted by molar-refractivity contribution is 0.0832. The lowest BCUT2D eigenvalue weighted by Crippen LogP contribution is -2.43. The van der Waals surface area contributed by atoms with E-state index in [1.165, 1.54) is 0 Å². The molecule has 0 fully saturated rings. The molecule has 0 rings (SSSR count). The second kappa shape index (κ2) is 6.17. The fourth-order valence-corrected chi connectivity index (χ4v) is 0.976. The van der Waals surface area contributed by atoms with Crippen LogP contribution in [-0.2, 0) is 4.74 Å². The summed E-state index contributed by atoms with van der Waals surface area (Å²) in [6, 6.07) is 0. The smallest absolute Gasteiger partial charge is 0.0646 e. The van der Waals surface area contributed by atoms with Gasteiger partial charge >= 0.3 is 0 Å². The Morgan fingerprint density at radius 1 is 1.38 bits per heavy atom. The molecule has 0 aliphatic rings. The predicted molar refractivity (Wildman–Crippen MR) is 57.8 cm³/mol. The fourth-order valence-electron chi connectivity index (χ4n) is 0.976. The van der Waals surface area contributed by atoms with Crippen LogP contribution in [0.2, 0.25) is 0 Å². The molecule has 2 N–H and O–H groups in total. The van der Waals surface area contributed by atoms with Crippen LogP contribution < -0.4 is 5.73 Å².